The molecule has 0 atom stereocenters. The quantitative estimate of drug-likeness (QED) is 0.657. The molecule has 3 N–H and O–H groups in total. The maximum Gasteiger partial charge on any atom is 0.343 e. The topological polar surface area (TPSA) is 94.0 Å². The zero-order valence-electron chi connectivity index (χ0n) is 11.4. The van der Waals surface area contributed by atoms with Crippen molar-refractivity contribution in [2.45, 2.75) is 13.8 Å². The van der Waals surface area contributed by atoms with E-state index in [4.69, 9.17) is 15.9 Å². The maximum atomic E-state index is 11.7. The van der Waals surface area contributed by atoms with E-state index in [2.05, 4.69) is 5.10 Å². The summed E-state index contributed by atoms with van der Waals surface area (Å²) >= 11 is 0. The predicted molar refractivity (Wildman–Crippen MR) is 76.4 cm³/mol. The van der Waals surface area contributed by atoms with Crippen LogP contribution in [0, 0.1) is 5.41 Å². The second-order valence-corrected chi connectivity index (χ2v) is 4.25. The number of nitrogens with two attached hydrogens (primary N) is 1. The van der Waals surface area contributed by atoms with Crippen molar-refractivity contribution in [3.63, 3.8) is 0 Å². The number of nitrogen functional groups attached to an aromatic ring is 1. The van der Waals surface area contributed by atoms with Crippen molar-refractivity contribution in [2.75, 3.05) is 12.3 Å². The highest BCUT2D eigenvalue weighted by molar-refractivity contribution is 5.96. The van der Waals surface area contributed by atoms with Gasteiger partial charge in [0.1, 0.15) is 11.4 Å². The fourth-order valence-electron chi connectivity index (χ4n) is 1.78. The number of aromatic nitrogens is 2. The van der Waals surface area contributed by atoms with Crippen molar-refractivity contribution in [2.24, 2.45) is 0 Å². The average molecular weight is 272 g/mol. The van der Waals surface area contributed by atoms with E-state index in [1.807, 2.05) is 12.1 Å². The fourth-order valence-corrected chi connectivity index (χ4v) is 1.78. The van der Waals surface area contributed by atoms with Crippen molar-refractivity contribution in [3.05, 3.63) is 41.6 Å². The molecule has 0 saturated heterocycles. The second kappa shape index (κ2) is 5.56. The lowest BCUT2D eigenvalue weighted by Gasteiger charge is -2.06. The zero-order valence-corrected chi connectivity index (χ0v) is 11.4. The Kier molecular flexibility index (Phi) is 3.84. The summed E-state index contributed by atoms with van der Waals surface area (Å²) in [5.41, 5.74) is 8.20. The molecule has 6 nitrogen and oxygen atoms in total. The molecule has 1 heterocycles. The minimum atomic E-state index is -0.483. The summed E-state index contributed by atoms with van der Waals surface area (Å²) in [7, 11) is 0. The number of esters is 1. The van der Waals surface area contributed by atoms with Crippen LogP contribution in [0.4, 0.5) is 5.82 Å². The molecule has 104 valence electrons. The van der Waals surface area contributed by atoms with E-state index < -0.39 is 5.97 Å². The van der Waals surface area contributed by atoms with E-state index in [9.17, 15) is 4.79 Å². The maximum absolute atomic E-state index is 11.7. The molecule has 0 aliphatic carbocycles. The molecule has 6 heteroatoms. The first-order chi connectivity index (χ1) is 9.54. The van der Waals surface area contributed by atoms with Gasteiger partial charge in [0.2, 0.25) is 0 Å². The van der Waals surface area contributed by atoms with Gasteiger partial charge in [-0.2, -0.15) is 5.10 Å². The number of rotatable bonds is 4. The number of nitrogens with one attached hydrogen (secondary N) is 1. The number of anilines is 1. The highest BCUT2D eigenvalue weighted by Gasteiger charge is 2.16. The summed E-state index contributed by atoms with van der Waals surface area (Å²) in [4.78, 5) is 11.7. The Balaban J connectivity index is 2.34. The summed E-state index contributed by atoms with van der Waals surface area (Å²) in [6, 6.07) is 7.21. The molecule has 0 spiro atoms. The monoisotopic (exact) mass is 272 g/mol. The number of hydrogen-bond donors (Lipinski definition) is 2. The normalized spacial score (nSPS) is 10.3. The highest BCUT2D eigenvalue weighted by Crippen LogP contribution is 2.18. The average Bonchev–Trinajstić information content (AvgIpc) is 2.81. The van der Waals surface area contributed by atoms with Gasteiger partial charge in [-0.1, -0.05) is 12.1 Å². The Morgan fingerprint density at radius 1 is 1.40 bits per heavy atom. The number of carbonyl (C=O) groups is 1. The molecule has 0 saturated carbocycles. The Labute approximate surface area is 116 Å². The molecule has 0 radical (unpaired) electrons. The van der Waals surface area contributed by atoms with Gasteiger partial charge in [0.25, 0.3) is 0 Å². The van der Waals surface area contributed by atoms with Gasteiger partial charge in [-0.3, -0.25) is 0 Å². The van der Waals surface area contributed by atoms with Gasteiger partial charge in [0.15, 0.2) is 0 Å². The molecular formula is C14H16N4O2. The number of ether oxygens (including phenoxy) is 1. The number of carbonyl (C=O) groups excluding carboxylic acids is 1. The summed E-state index contributed by atoms with van der Waals surface area (Å²) in [5, 5.41) is 11.7. The highest BCUT2D eigenvalue weighted by atomic mass is 16.5. The van der Waals surface area contributed by atoms with Gasteiger partial charge >= 0.3 is 5.97 Å². The summed E-state index contributed by atoms with van der Waals surface area (Å²) in [6.07, 6.45) is 1.39. The first-order valence-corrected chi connectivity index (χ1v) is 6.21. The number of hydrogen-bond acceptors (Lipinski definition) is 5. The third kappa shape index (κ3) is 2.54. The molecule has 0 bridgehead atoms. The van der Waals surface area contributed by atoms with Crippen LogP contribution < -0.4 is 5.73 Å². The third-order valence-corrected chi connectivity index (χ3v) is 2.85. The van der Waals surface area contributed by atoms with Gasteiger partial charge < -0.3 is 15.9 Å². The molecule has 0 amide bonds. The van der Waals surface area contributed by atoms with Crippen LogP contribution in [-0.4, -0.2) is 28.1 Å². The third-order valence-electron chi connectivity index (χ3n) is 2.85. The molecule has 1 aromatic heterocycles. The van der Waals surface area contributed by atoms with E-state index in [0.717, 1.165) is 11.3 Å². The molecule has 1 aromatic carbocycles. The minimum absolute atomic E-state index is 0.239. The Bertz CT molecular complexity index is 644. The zero-order chi connectivity index (χ0) is 14.7. The molecule has 2 aromatic rings. The molecule has 0 unspecified atom stereocenters. The largest absolute Gasteiger partial charge is 0.462 e. The van der Waals surface area contributed by atoms with Gasteiger partial charge in [-0.25, -0.2) is 9.48 Å². The molecule has 2 rings (SSSR count). The van der Waals surface area contributed by atoms with E-state index in [-0.39, 0.29) is 18.0 Å². The Morgan fingerprint density at radius 3 is 2.60 bits per heavy atom. The van der Waals surface area contributed by atoms with Crippen molar-refractivity contribution in [1.29, 1.82) is 5.41 Å². The van der Waals surface area contributed by atoms with Crippen LogP contribution >= 0.6 is 0 Å². The van der Waals surface area contributed by atoms with E-state index in [0.29, 0.717) is 5.71 Å². The van der Waals surface area contributed by atoms with Crippen molar-refractivity contribution >= 4 is 17.5 Å². The van der Waals surface area contributed by atoms with Crippen LogP contribution in [0.1, 0.15) is 29.8 Å². The van der Waals surface area contributed by atoms with Crippen molar-refractivity contribution in [3.8, 4) is 5.69 Å². The van der Waals surface area contributed by atoms with Crippen LogP contribution in [-0.2, 0) is 4.74 Å². The lowest BCUT2D eigenvalue weighted by atomic mass is 10.1. The molecule has 0 fully saturated rings. The van der Waals surface area contributed by atoms with Gasteiger partial charge in [-0.15, -0.1) is 0 Å². The smallest absolute Gasteiger partial charge is 0.343 e. The lowest BCUT2D eigenvalue weighted by molar-refractivity contribution is 0.0527. The minimum Gasteiger partial charge on any atom is -0.462 e. The van der Waals surface area contributed by atoms with Crippen LogP contribution in [0.25, 0.3) is 5.69 Å². The molecular weight excluding hydrogens is 256 g/mol. The van der Waals surface area contributed by atoms with E-state index in [1.54, 1.807) is 26.0 Å². The van der Waals surface area contributed by atoms with Crippen molar-refractivity contribution < 1.29 is 9.53 Å². The predicted octanol–water partition coefficient (Wildman–Crippen LogP) is 2.02. The van der Waals surface area contributed by atoms with Gasteiger partial charge in [0, 0.05) is 5.71 Å². The van der Waals surface area contributed by atoms with E-state index >= 15 is 0 Å². The molecule has 20 heavy (non-hydrogen) atoms. The summed E-state index contributed by atoms with van der Waals surface area (Å²) in [5.74, 6) is -0.244. The first kappa shape index (κ1) is 13.8. The van der Waals surface area contributed by atoms with Crippen LogP contribution in [0.5, 0.6) is 0 Å². The standard InChI is InChI=1S/C14H16N4O2/c1-3-20-14(19)12-8-17-18(13(12)16)11-6-4-10(5-7-11)9(2)15/h4-8,15H,3,16H2,1-2H3. The fraction of sp³-hybridized carbons (Fsp3) is 0.214. The Hall–Kier alpha value is -2.63. The molecule has 0 aliphatic rings. The second-order valence-electron chi connectivity index (χ2n) is 4.25. The SMILES string of the molecule is CCOC(=O)c1cnn(-c2ccc(C(C)=N)cc2)c1N. The number of nitrogens with zero attached hydrogens (tertiary/aromatic N) is 2. The lowest BCUT2D eigenvalue weighted by Crippen LogP contribution is -2.09. The van der Waals surface area contributed by atoms with Gasteiger partial charge in [-0.05, 0) is 31.5 Å². The molecule has 0 aliphatic heterocycles. The summed E-state index contributed by atoms with van der Waals surface area (Å²) in [6.45, 7) is 3.74. The van der Waals surface area contributed by atoms with Gasteiger partial charge in [0.05, 0.1) is 18.5 Å². The van der Waals surface area contributed by atoms with E-state index in [1.165, 1.54) is 10.9 Å². The van der Waals surface area contributed by atoms with Crippen LogP contribution in [0.15, 0.2) is 30.5 Å². The van der Waals surface area contributed by atoms with Crippen LogP contribution in [0.2, 0.25) is 0 Å². The van der Waals surface area contributed by atoms with Crippen LogP contribution in [0.3, 0.4) is 0 Å². The summed E-state index contributed by atoms with van der Waals surface area (Å²) < 4.78 is 6.38. The van der Waals surface area contributed by atoms with Crippen molar-refractivity contribution in [1.82, 2.24) is 9.78 Å². The number of benzene rings is 1. The Morgan fingerprint density at radius 2 is 2.05 bits per heavy atom. The first-order valence-electron chi connectivity index (χ1n) is 6.21.